The van der Waals surface area contributed by atoms with Crippen molar-refractivity contribution in [2.45, 2.75) is 13.8 Å². The summed E-state index contributed by atoms with van der Waals surface area (Å²) in [7, 11) is 0. The van der Waals surface area contributed by atoms with E-state index < -0.39 is 0 Å². The van der Waals surface area contributed by atoms with Gasteiger partial charge in [-0.05, 0) is 72.5 Å². The summed E-state index contributed by atoms with van der Waals surface area (Å²) >= 11 is 0. The average Bonchev–Trinajstić information content (AvgIpc) is 3.23. The fourth-order valence-corrected chi connectivity index (χ4v) is 4.13. The van der Waals surface area contributed by atoms with Crippen LogP contribution in [0.2, 0.25) is 0 Å². The Bertz CT molecular complexity index is 1410. The number of benzene rings is 4. The van der Waals surface area contributed by atoms with E-state index in [0.29, 0.717) is 0 Å². The monoisotopic (exact) mass is 362 g/mol. The molecule has 2 heterocycles. The molecule has 134 valence electrons. The predicted molar refractivity (Wildman–Crippen MR) is 116 cm³/mol. The van der Waals surface area contributed by atoms with E-state index in [9.17, 15) is 0 Å². The van der Waals surface area contributed by atoms with Crippen molar-refractivity contribution in [3.8, 4) is 11.1 Å². The molecule has 0 aliphatic rings. The third-order valence-electron chi connectivity index (χ3n) is 5.59. The second kappa shape index (κ2) is 5.49. The van der Waals surface area contributed by atoms with Crippen LogP contribution in [0, 0.1) is 13.8 Å². The lowest BCUT2D eigenvalue weighted by molar-refractivity contribution is 0.668. The van der Waals surface area contributed by atoms with Gasteiger partial charge in [-0.3, -0.25) is 0 Å². The highest BCUT2D eigenvalue weighted by Crippen LogP contribution is 2.36. The van der Waals surface area contributed by atoms with Crippen LogP contribution >= 0.6 is 0 Å². The molecule has 0 aliphatic carbocycles. The van der Waals surface area contributed by atoms with Crippen molar-refractivity contribution >= 4 is 43.9 Å². The highest BCUT2D eigenvalue weighted by atomic mass is 16.3. The Hall–Kier alpha value is -3.52. The Kier molecular flexibility index (Phi) is 3.05. The van der Waals surface area contributed by atoms with Crippen molar-refractivity contribution < 1.29 is 8.83 Å². The van der Waals surface area contributed by atoms with E-state index in [0.717, 1.165) is 43.9 Å². The molecule has 28 heavy (non-hydrogen) atoms. The summed E-state index contributed by atoms with van der Waals surface area (Å²) in [4.78, 5) is 0. The number of rotatable bonds is 1. The van der Waals surface area contributed by atoms with Crippen LogP contribution in [-0.2, 0) is 0 Å². The lowest BCUT2D eigenvalue weighted by Gasteiger charge is -2.02. The molecule has 2 heteroatoms. The lowest BCUT2D eigenvalue weighted by Crippen LogP contribution is -1.78. The first kappa shape index (κ1) is 15.5. The van der Waals surface area contributed by atoms with Crippen LogP contribution in [0.25, 0.3) is 55.0 Å². The maximum Gasteiger partial charge on any atom is 0.135 e. The first-order chi connectivity index (χ1) is 13.7. The number of fused-ring (bicyclic) bond motifs is 6. The topological polar surface area (TPSA) is 26.3 Å². The third-order valence-corrected chi connectivity index (χ3v) is 5.59. The van der Waals surface area contributed by atoms with Crippen LogP contribution in [0.15, 0.2) is 81.6 Å². The number of hydrogen-bond acceptors (Lipinski definition) is 2. The van der Waals surface area contributed by atoms with Crippen LogP contribution in [0.1, 0.15) is 11.1 Å². The van der Waals surface area contributed by atoms with Gasteiger partial charge < -0.3 is 8.83 Å². The number of furan rings is 2. The first-order valence-corrected chi connectivity index (χ1v) is 9.52. The van der Waals surface area contributed by atoms with Gasteiger partial charge in [-0.15, -0.1) is 0 Å². The smallest absolute Gasteiger partial charge is 0.135 e. The molecule has 0 bridgehead atoms. The summed E-state index contributed by atoms with van der Waals surface area (Å²) in [6.45, 7) is 4.17. The van der Waals surface area contributed by atoms with E-state index in [1.54, 1.807) is 0 Å². The molecule has 4 aromatic carbocycles. The minimum atomic E-state index is 0.926. The summed E-state index contributed by atoms with van der Waals surface area (Å²) in [5.74, 6) is 0. The Morgan fingerprint density at radius 1 is 0.429 bits per heavy atom. The largest absolute Gasteiger partial charge is 0.456 e. The van der Waals surface area contributed by atoms with Gasteiger partial charge in [-0.1, -0.05) is 36.4 Å². The second-order valence-electron chi connectivity index (χ2n) is 7.63. The van der Waals surface area contributed by atoms with Gasteiger partial charge in [0.15, 0.2) is 0 Å². The third kappa shape index (κ3) is 2.21. The summed E-state index contributed by atoms with van der Waals surface area (Å²) in [5, 5.41) is 4.63. The van der Waals surface area contributed by atoms with E-state index >= 15 is 0 Å². The Balaban J connectivity index is 1.58. The zero-order valence-electron chi connectivity index (χ0n) is 15.7. The summed E-state index contributed by atoms with van der Waals surface area (Å²) in [6.07, 6.45) is 0. The van der Waals surface area contributed by atoms with Gasteiger partial charge in [0.05, 0.1) is 0 Å². The molecule has 0 atom stereocenters. The zero-order chi connectivity index (χ0) is 18.8. The molecule has 6 aromatic rings. The van der Waals surface area contributed by atoms with E-state index in [1.165, 1.54) is 22.3 Å². The van der Waals surface area contributed by atoms with Crippen molar-refractivity contribution in [2.75, 3.05) is 0 Å². The van der Waals surface area contributed by atoms with Gasteiger partial charge >= 0.3 is 0 Å². The molecule has 6 rings (SSSR count). The van der Waals surface area contributed by atoms with E-state index in [2.05, 4.69) is 86.6 Å². The molecular weight excluding hydrogens is 344 g/mol. The normalized spacial score (nSPS) is 11.9. The Morgan fingerprint density at radius 2 is 0.893 bits per heavy atom. The fourth-order valence-electron chi connectivity index (χ4n) is 4.13. The molecule has 2 nitrogen and oxygen atoms in total. The van der Waals surface area contributed by atoms with Gasteiger partial charge in [0, 0.05) is 21.5 Å². The van der Waals surface area contributed by atoms with Gasteiger partial charge in [-0.2, -0.15) is 0 Å². The highest BCUT2D eigenvalue weighted by molar-refractivity contribution is 6.08. The standard InChI is InChI=1S/C26H18O2/c1-15-3-7-19-21-13-17(5-9-23(21)27-25(19)11-15)18-6-10-24-22(14-18)20-8-4-16(2)12-26(20)28-24/h3-14H,1-2H3. The minimum Gasteiger partial charge on any atom is -0.456 e. The fraction of sp³-hybridized carbons (Fsp3) is 0.0769. The molecule has 0 radical (unpaired) electrons. The van der Waals surface area contributed by atoms with Crippen LogP contribution in [0.3, 0.4) is 0 Å². The SMILES string of the molecule is Cc1ccc2c(c1)oc1ccc(-c3ccc4oc5cc(C)ccc5c4c3)cc12. The molecule has 0 amide bonds. The van der Waals surface area contributed by atoms with Gasteiger partial charge in [-0.25, -0.2) is 0 Å². The molecule has 0 saturated carbocycles. The molecule has 0 unspecified atom stereocenters. The zero-order valence-corrected chi connectivity index (χ0v) is 15.7. The second-order valence-corrected chi connectivity index (χ2v) is 7.63. The van der Waals surface area contributed by atoms with E-state index in [1.807, 2.05) is 0 Å². The number of aryl methyl sites for hydroxylation is 2. The van der Waals surface area contributed by atoms with Crippen molar-refractivity contribution in [3.63, 3.8) is 0 Å². The van der Waals surface area contributed by atoms with Crippen LogP contribution < -0.4 is 0 Å². The van der Waals surface area contributed by atoms with E-state index in [-0.39, 0.29) is 0 Å². The maximum absolute atomic E-state index is 6.04. The van der Waals surface area contributed by atoms with Crippen molar-refractivity contribution in [1.29, 1.82) is 0 Å². The molecule has 2 aromatic heterocycles. The van der Waals surface area contributed by atoms with Crippen LogP contribution in [-0.4, -0.2) is 0 Å². The molecule has 0 aliphatic heterocycles. The molecule has 0 spiro atoms. The Labute approximate surface area is 162 Å². The predicted octanol–water partition coefficient (Wildman–Crippen LogP) is 7.77. The Morgan fingerprint density at radius 3 is 1.36 bits per heavy atom. The first-order valence-electron chi connectivity index (χ1n) is 9.52. The summed E-state index contributed by atoms with van der Waals surface area (Å²) in [6, 6.07) is 25.6. The lowest BCUT2D eigenvalue weighted by atomic mass is 10.0. The quantitative estimate of drug-likeness (QED) is 0.299. The van der Waals surface area contributed by atoms with Crippen LogP contribution in [0.4, 0.5) is 0 Å². The van der Waals surface area contributed by atoms with Crippen molar-refractivity contribution in [1.82, 2.24) is 0 Å². The van der Waals surface area contributed by atoms with Crippen LogP contribution in [0.5, 0.6) is 0 Å². The van der Waals surface area contributed by atoms with E-state index in [4.69, 9.17) is 8.83 Å². The average molecular weight is 362 g/mol. The number of hydrogen-bond donors (Lipinski definition) is 0. The van der Waals surface area contributed by atoms with Crippen molar-refractivity contribution in [2.24, 2.45) is 0 Å². The summed E-state index contributed by atoms with van der Waals surface area (Å²) < 4.78 is 12.1. The van der Waals surface area contributed by atoms with Gasteiger partial charge in [0.2, 0.25) is 0 Å². The maximum atomic E-state index is 6.04. The van der Waals surface area contributed by atoms with Gasteiger partial charge in [0.25, 0.3) is 0 Å². The molecular formula is C26H18O2. The molecule has 0 N–H and O–H groups in total. The summed E-state index contributed by atoms with van der Waals surface area (Å²) in [5.41, 5.74) is 8.51. The highest BCUT2D eigenvalue weighted by Gasteiger charge is 2.11. The minimum absolute atomic E-state index is 0.926. The van der Waals surface area contributed by atoms with Crippen molar-refractivity contribution in [3.05, 3.63) is 83.9 Å². The molecule has 0 fully saturated rings. The molecule has 0 saturated heterocycles. The van der Waals surface area contributed by atoms with Gasteiger partial charge in [0.1, 0.15) is 22.3 Å².